The predicted octanol–water partition coefficient (Wildman–Crippen LogP) is 1.12. The van der Waals surface area contributed by atoms with Gasteiger partial charge >= 0.3 is 5.97 Å². The van der Waals surface area contributed by atoms with Gasteiger partial charge in [0.25, 0.3) is 0 Å². The molecule has 2 N–H and O–H groups in total. The topological polar surface area (TPSA) is 130 Å². The first-order valence-electron chi connectivity index (χ1n) is 9.91. The van der Waals surface area contributed by atoms with E-state index in [2.05, 4.69) is 5.32 Å². The van der Waals surface area contributed by atoms with E-state index in [9.17, 15) is 14.4 Å². The van der Waals surface area contributed by atoms with Gasteiger partial charge in [-0.25, -0.2) is 4.79 Å². The molecule has 2 saturated heterocycles. The van der Waals surface area contributed by atoms with E-state index in [0.29, 0.717) is 11.3 Å². The number of aliphatic carboxylic acids is 1. The number of hydrogen-bond acceptors (Lipinski definition) is 8. The lowest BCUT2D eigenvalue weighted by Crippen LogP contribution is -2.69. The second kappa shape index (κ2) is 9.31. The molecule has 0 aromatic heterocycles. The molecule has 2 heterocycles. The average molecular weight is 437 g/mol. The summed E-state index contributed by atoms with van der Waals surface area (Å²) in [6, 6.07) is 5.65. The third-order valence-electron chi connectivity index (χ3n) is 4.92. The number of rotatable bonds is 7. The maximum atomic E-state index is 11.9. The van der Waals surface area contributed by atoms with E-state index in [0.717, 1.165) is 0 Å². The molecule has 10 heteroatoms. The Morgan fingerprint density at radius 2 is 2.00 bits per heavy atom. The summed E-state index contributed by atoms with van der Waals surface area (Å²) in [6.45, 7) is 5.77. The molecule has 170 valence electrons. The molecule has 0 bridgehead atoms. The summed E-state index contributed by atoms with van der Waals surface area (Å²) in [7, 11) is 0. The number of hydrogen-bond donors (Lipinski definition) is 2. The summed E-state index contributed by atoms with van der Waals surface area (Å²) in [4.78, 5) is 34.8. The normalized spacial score (nSPS) is 29.5. The second-order valence-corrected chi connectivity index (χ2v) is 7.93. The lowest BCUT2D eigenvalue weighted by atomic mass is 9.95. The van der Waals surface area contributed by atoms with Crippen molar-refractivity contribution >= 4 is 17.7 Å². The van der Waals surface area contributed by atoms with Crippen molar-refractivity contribution in [2.75, 3.05) is 13.2 Å². The standard InChI is InChI=1S/C21H27NO9/c1-11(23)13-6-5-7-14(8-13)29-20-17(22-12(2)24)19(27-10-16(25)26)18-15(30-20)9-28-21(3,4)31-18/h5-8,15,17-20H,9-10H2,1-4H3,(H,22,24)(H,25,26). The minimum absolute atomic E-state index is 0.132. The van der Waals surface area contributed by atoms with Crippen LogP contribution < -0.4 is 10.1 Å². The first-order chi connectivity index (χ1) is 14.6. The lowest BCUT2D eigenvalue weighted by molar-refractivity contribution is -0.364. The molecule has 0 aliphatic carbocycles. The van der Waals surface area contributed by atoms with Crippen LogP contribution in [-0.4, -0.2) is 72.4 Å². The highest BCUT2D eigenvalue weighted by atomic mass is 16.8. The number of ether oxygens (including phenoxy) is 5. The summed E-state index contributed by atoms with van der Waals surface area (Å²) in [5, 5.41) is 11.9. The van der Waals surface area contributed by atoms with Crippen LogP contribution in [0, 0.1) is 0 Å². The van der Waals surface area contributed by atoms with Gasteiger partial charge in [-0.1, -0.05) is 12.1 Å². The monoisotopic (exact) mass is 437 g/mol. The summed E-state index contributed by atoms with van der Waals surface area (Å²) >= 11 is 0. The van der Waals surface area contributed by atoms with Crippen LogP contribution in [-0.2, 0) is 28.5 Å². The van der Waals surface area contributed by atoms with Gasteiger partial charge in [-0.3, -0.25) is 9.59 Å². The molecule has 0 spiro atoms. The van der Waals surface area contributed by atoms with Gasteiger partial charge < -0.3 is 34.1 Å². The molecule has 0 radical (unpaired) electrons. The van der Waals surface area contributed by atoms with Crippen LogP contribution in [0.1, 0.15) is 38.1 Å². The maximum Gasteiger partial charge on any atom is 0.329 e. The highest BCUT2D eigenvalue weighted by Gasteiger charge is 2.53. The summed E-state index contributed by atoms with van der Waals surface area (Å²) < 4.78 is 29.3. The van der Waals surface area contributed by atoms with Gasteiger partial charge in [0.05, 0.1) is 6.61 Å². The number of carboxylic acids is 1. The van der Waals surface area contributed by atoms with E-state index in [-0.39, 0.29) is 18.3 Å². The number of nitrogens with one attached hydrogen (secondary N) is 1. The van der Waals surface area contributed by atoms with E-state index in [1.807, 2.05) is 0 Å². The van der Waals surface area contributed by atoms with Crippen molar-refractivity contribution in [3.8, 4) is 5.75 Å². The number of carbonyl (C=O) groups excluding carboxylic acids is 2. The molecular formula is C21H27NO9. The Hall–Kier alpha value is -2.53. The number of benzene rings is 1. The van der Waals surface area contributed by atoms with E-state index in [1.54, 1.807) is 38.1 Å². The molecule has 1 aromatic carbocycles. The van der Waals surface area contributed by atoms with Crippen molar-refractivity contribution in [3.05, 3.63) is 29.8 Å². The quantitative estimate of drug-likeness (QED) is 0.603. The molecular weight excluding hydrogens is 410 g/mol. The van der Waals surface area contributed by atoms with Gasteiger partial charge in [-0.15, -0.1) is 0 Å². The van der Waals surface area contributed by atoms with Gasteiger partial charge in [-0.2, -0.15) is 0 Å². The Morgan fingerprint density at radius 3 is 2.65 bits per heavy atom. The van der Waals surface area contributed by atoms with Gasteiger partial charge in [-0.05, 0) is 32.9 Å². The van der Waals surface area contributed by atoms with Crippen molar-refractivity contribution in [1.29, 1.82) is 0 Å². The van der Waals surface area contributed by atoms with Crippen LogP contribution in [0.15, 0.2) is 24.3 Å². The van der Waals surface area contributed by atoms with Crippen LogP contribution >= 0.6 is 0 Å². The molecule has 10 nitrogen and oxygen atoms in total. The number of ketones is 1. The summed E-state index contributed by atoms with van der Waals surface area (Å²) in [6.07, 6.45) is -3.26. The Balaban J connectivity index is 1.91. The SMILES string of the molecule is CC(=O)NC1C(Oc2cccc(C(C)=O)c2)OC2COC(C)(C)OC2C1OCC(=O)O. The van der Waals surface area contributed by atoms with Crippen molar-refractivity contribution in [2.45, 2.75) is 64.1 Å². The van der Waals surface area contributed by atoms with Gasteiger partial charge in [0.2, 0.25) is 12.2 Å². The molecule has 2 fully saturated rings. The second-order valence-electron chi connectivity index (χ2n) is 7.93. The average Bonchev–Trinajstić information content (AvgIpc) is 2.67. The number of Topliss-reactive ketones (excluding diaryl/α,β-unsaturated/α-hetero) is 1. The van der Waals surface area contributed by atoms with Crippen molar-refractivity contribution in [2.24, 2.45) is 0 Å². The Labute approximate surface area is 179 Å². The van der Waals surface area contributed by atoms with E-state index in [1.165, 1.54) is 13.8 Å². The van der Waals surface area contributed by atoms with Crippen LogP contribution in [0.25, 0.3) is 0 Å². The molecule has 5 unspecified atom stereocenters. The minimum atomic E-state index is -1.16. The summed E-state index contributed by atoms with van der Waals surface area (Å²) in [5.41, 5.74) is 0.451. The number of carbonyl (C=O) groups is 3. The molecule has 31 heavy (non-hydrogen) atoms. The fraction of sp³-hybridized carbons (Fsp3) is 0.571. The zero-order valence-corrected chi connectivity index (χ0v) is 17.8. The fourth-order valence-electron chi connectivity index (χ4n) is 3.60. The number of fused-ring (bicyclic) bond motifs is 1. The van der Waals surface area contributed by atoms with Gasteiger partial charge in [0.15, 0.2) is 11.6 Å². The van der Waals surface area contributed by atoms with Gasteiger partial charge in [0.1, 0.15) is 36.7 Å². The van der Waals surface area contributed by atoms with E-state index >= 15 is 0 Å². The molecule has 1 aromatic rings. The summed E-state index contributed by atoms with van der Waals surface area (Å²) in [5.74, 6) is -2.27. The number of amides is 1. The molecule has 3 rings (SSSR count). The first-order valence-corrected chi connectivity index (χ1v) is 9.91. The Morgan fingerprint density at radius 1 is 1.26 bits per heavy atom. The third kappa shape index (κ3) is 5.79. The maximum absolute atomic E-state index is 11.9. The molecule has 2 aliphatic rings. The van der Waals surface area contributed by atoms with Crippen LogP contribution in [0.3, 0.4) is 0 Å². The Kier molecular flexibility index (Phi) is 6.95. The highest BCUT2D eigenvalue weighted by molar-refractivity contribution is 5.94. The van der Waals surface area contributed by atoms with Crippen LogP contribution in [0.4, 0.5) is 0 Å². The van der Waals surface area contributed by atoms with Crippen molar-refractivity contribution in [3.63, 3.8) is 0 Å². The van der Waals surface area contributed by atoms with Crippen molar-refractivity contribution < 1.29 is 43.2 Å². The lowest BCUT2D eigenvalue weighted by Gasteiger charge is -2.50. The zero-order chi connectivity index (χ0) is 22.8. The fourth-order valence-corrected chi connectivity index (χ4v) is 3.60. The Bertz CT molecular complexity index is 840. The zero-order valence-electron chi connectivity index (χ0n) is 17.8. The smallest absolute Gasteiger partial charge is 0.329 e. The highest BCUT2D eigenvalue weighted by Crippen LogP contribution is 2.34. The minimum Gasteiger partial charge on any atom is -0.480 e. The van der Waals surface area contributed by atoms with Crippen LogP contribution in [0.5, 0.6) is 5.75 Å². The van der Waals surface area contributed by atoms with Gasteiger partial charge in [0, 0.05) is 12.5 Å². The predicted molar refractivity (Wildman–Crippen MR) is 106 cm³/mol. The molecule has 1 amide bonds. The first kappa shape index (κ1) is 23.1. The van der Waals surface area contributed by atoms with Crippen molar-refractivity contribution in [1.82, 2.24) is 5.32 Å². The largest absolute Gasteiger partial charge is 0.480 e. The number of carboxylic acid groups (broad SMARTS) is 1. The van der Waals surface area contributed by atoms with E-state index < -0.39 is 49.0 Å². The van der Waals surface area contributed by atoms with E-state index in [4.69, 9.17) is 28.8 Å². The molecule has 0 saturated carbocycles. The van der Waals surface area contributed by atoms with Crippen LogP contribution in [0.2, 0.25) is 0 Å². The molecule has 5 atom stereocenters. The molecule has 2 aliphatic heterocycles. The third-order valence-corrected chi connectivity index (χ3v) is 4.92.